The molecule has 0 heterocycles. The lowest BCUT2D eigenvalue weighted by atomic mass is 10.1. The zero-order valence-electron chi connectivity index (χ0n) is 10.8. The van der Waals surface area contributed by atoms with Crippen LogP contribution in [0.15, 0.2) is 18.2 Å². The summed E-state index contributed by atoms with van der Waals surface area (Å²) in [5.74, 6) is -0.138. The fourth-order valence-electron chi connectivity index (χ4n) is 2.64. The maximum atomic E-state index is 12.6. The van der Waals surface area contributed by atoms with E-state index >= 15 is 0 Å². The molecule has 0 saturated heterocycles. The summed E-state index contributed by atoms with van der Waals surface area (Å²) in [6.45, 7) is 0.304. The molecule has 19 heavy (non-hydrogen) atoms. The van der Waals surface area contributed by atoms with Crippen molar-refractivity contribution in [3.05, 3.63) is 28.8 Å². The van der Waals surface area contributed by atoms with Crippen molar-refractivity contribution in [3.8, 4) is 0 Å². The lowest BCUT2D eigenvalue weighted by molar-refractivity contribution is 0.0639. The predicted octanol–water partition coefficient (Wildman–Crippen LogP) is 2.30. The van der Waals surface area contributed by atoms with E-state index in [9.17, 15) is 4.79 Å². The number of nitrogens with zero attached hydrogens (tertiary/aromatic N) is 1. The Bertz CT molecular complexity index is 459. The molecule has 5 heteroatoms. The van der Waals surface area contributed by atoms with Crippen LogP contribution in [0.2, 0.25) is 5.02 Å². The van der Waals surface area contributed by atoms with Gasteiger partial charge in [-0.3, -0.25) is 4.79 Å². The Morgan fingerprint density at radius 1 is 1.42 bits per heavy atom. The zero-order chi connectivity index (χ0) is 13.8. The number of rotatable bonds is 4. The van der Waals surface area contributed by atoms with Crippen LogP contribution in [0.3, 0.4) is 0 Å². The average molecular weight is 283 g/mol. The van der Waals surface area contributed by atoms with E-state index in [2.05, 4.69) is 0 Å². The van der Waals surface area contributed by atoms with Crippen molar-refractivity contribution >= 4 is 23.2 Å². The van der Waals surface area contributed by atoms with E-state index in [1.807, 2.05) is 0 Å². The van der Waals surface area contributed by atoms with E-state index in [1.165, 1.54) is 0 Å². The van der Waals surface area contributed by atoms with Crippen LogP contribution in [-0.2, 0) is 0 Å². The van der Waals surface area contributed by atoms with Gasteiger partial charge in [-0.2, -0.15) is 0 Å². The van der Waals surface area contributed by atoms with E-state index in [1.54, 1.807) is 23.1 Å². The molecule has 1 aromatic carbocycles. The summed E-state index contributed by atoms with van der Waals surface area (Å²) in [7, 11) is 0. The number of hydrogen-bond donors (Lipinski definition) is 2. The second-order valence-corrected chi connectivity index (χ2v) is 5.33. The summed E-state index contributed by atoms with van der Waals surface area (Å²) >= 11 is 5.93. The summed E-state index contributed by atoms with van der Waals surface area (Å²) < 4.78 is 0. The normalized spacial score (nSPS) is 15.7. The molecule has 0 bridgehead atoms. The summed E-state index contributed by atoms with van der Waals surface area (Å²) in [4.78, 5) is 14.3. The van der Waals surface area contributed by atoms with Gasteiger partial charge < -0.3 is 15.7 Å². The highest BCUT2D eigenvalue weighted by Crippen LogP contribution is 2.27. The standard InChI is InChI=1S/C14H19ClN2O2/c15-10-5-6-13(16)12(9-10)14(19)17(7-8-18)11-3-1-2-4-11/h5-6,9,11,18H,1-4,7-8,16H2. The van der Waals surface area contributed by atoms with Crippen LogP contribution in [0.4, 0.5) is 5.69 Å². The average Bonchev–Trinajstić information content (AvgIpc) is 2.92. The number of aliphatic hydroxyl groups is 1. The van der Waals surface area contributed by atoms with Crippen molar-refractivity contribution < 1.29 is 9.90 Å². The van der Waals surface area contributed by atoms with Crippen LogP contribution in [0.5, 0.6) is 0 Å². The number of nitrogen functional groups attached to an aromatic ring is 1. The molecule has 1 saturated carbocycles. The molecule has 0 aliphatic heterocycles. The summed E-state index contributed by atoms with van der Waals surface area (Å²) in [6.07, 6.45) is 4.24. The molecule has 1 aromatic rings. The van der Waals surface area contributed by atoms with Gasteiger partial charge in [-0.05, 0) is 31.0 Å². The van der Waals surface area contributed by atoms with E-state index in [0.29, 0.717) is 22.8 Å². The quantitative estimate of drug-likeness (QED) is 0.833. The molecule has 104 valence electrons. The van der Waals surface area contributed by atoms with Crippen molar-refractivity contribution in [2.75, 3.05) is 18.9 Å². The third-order valence-corrected chi connectivity index (χ3v) is 3.85. The van der Waals surface area contributed by atoms with Crippen LogP contribution >= 0.6 is 11.6 Å². The number of aliphatic hydroxyl groups excluding tert-OH is 1. The van der Waals surface area contributed by atoms with Gasteiger partial charge in [0.05, 0.1) is 12.2 Å². The number of halogens is 1. The number of amides is 1. The van der Waals surface area contributed by atoms with Crippen molar-refractivity contribution in [2.24, 2.45) is 0 Å². The number of nitrogens with two attached hydrogens (primary N) is 1. The first-order valence-corrected chi connectivity index (χ1v) is 6.98. The van der Waals surface area contributed by atoms with Crippen molar-refractivity contribution in [2.45, 2.75) is 31.7 Å². The second-order valence-electron chi connectivity index (χ2n) is 4.89. The lowest BCUT2D eigenvalue weighted by Crippen LogP contribution is -2.41. The Kier molecular flexibility index (Phi) is 4.66. The third kappa shape index (κ3) is 3.19. The summed E-state index contributed by atoms with van der Waals surface area (Å²) in [5.41, 5.74) is 6.70. The Balaban J connectivity index is 2.25. The van der Waals surface area contributed by atoms with Crippen LogP contribution in [0, 0.1) is 0 Å². The topological polar surface area (TPSA) is 66.6 Å². The minimum atomic E-state index is -0.138. The van der Waals surface area contributed by atoms with Gasteiger partial charge in [0.2, 0.25) is 0 Å². The SMILES string of the molecule is Nc1ccc(Cl)cc1C(=O)N(CCO)C1CCCC1. The van der Waals surface area contributed by atoms with Crippen LogP contribution < -0.4 is 5.73 Å². The first kappa shape index (κ1) is 14.2. The van der Waals surface area contributed by atoms with Crippen LogP contribution in [-0.4, -0.2) is 35.1 Å². The van der Waals surface area contributed by atoms with Gasteiger partial charge in [0.1, 0.15) is 0 Å². The molecule has 2 rings (SSSR count). The maximum Gasteiger partial charge on any atom is 0.256 e. The van der Waals surface area contributed by atoms with E-state index in [0.717, 1.165) is 25.7 Å². The molecule has 1 aliphatic rings. The number of carbonyl (C=O) groups is 1. The molecule has 3 N–H and O–H groups in total. The molecule has 0 radical (unpaired) electrons. The van der Waals surface area contributed by atoms with Crippen molar-refractivity contribution in [1.82, 2.24) is 4.90 Å². The van der Waals surface area contributed by atoms with Gasteiger partial charge in [0.25, 0.3) is 5.91 Å². The van der Waals surface area contributed by atoms with E-state index in [-0.39, 0.29) is 18.6 Å². The minimum Gasteiger partial charge on any atom is -0.398 e. The van der Waals surface area contributed by atoms with E-state index in [4.69, 9.17) is 22.4 Å². The summed E-state index contributed by atoms with van der Waals surface area (Å²) in [6, 6.07) is 5.11. The summed E-state index contributed by atoms with van der Waals surface area (Å²) in [5, 5.41) is 9.66. The molecule has 1 aliphatic carbocycles. The molecular formula is C14H19ClN2O2. The molecule has 0 unspecified atom stereocenters. The molecule has 0 aromatic heterocycles. The Labute approximate surface area is 118 Å². The highest BCUT2D eigenvalue weighted by atomic mass is 35.5. The fourth-order valence-corrected chi connectivity index (χ4v) is 2.81. The first-order valence-electron chi connectivity index (χ1n) is 6.60. The lowest BCUT2D eigenvalue weighted by Gasteiger charge is -2.29. The van der Waals surface area contributed by atoms with Gasteiger partial charge in [-0.15, -0.1) is 0 Å². The molecule has 1 fully saturated rings. The number of carbonyl (C=O) groups excluding carboxylic acids is 1. The number of anilines is 1. The van der Waals surface area contributed by atoms with Crippen LogP contribution in [0.1, 0.15) is 36.0 Å². The first-order chi connectivity index (χ1) is 9.13. The highest BCUT2D eigenvalue weighted by molar-refractivity contribution is 6.31. The third-order valence-electron chi connectivity index (χ3n) is 3.61. The molecule has 4 nitrogen and oxygen atoms in total. The van der Waals surface area contributed by atoms with Gasteiger partial charge in [0.15, 0.2) is 0 Å². The predicted molar refractivity (Wildman–Crippen MR) is 76.2 cm³/mol. The smallest absolute Gasteiger partial charge is 0.256 e. The molecule has 0 atom stereocenters. The monoisotopic (exact) mass is 282 g/mol. The fraction of sp³-hybridized carbons (Fsp3) is 0.500. The largest absolute Gasteiger partial charge is 0.398 e. The Morgan fingerprint density at radius 2 is 2.11 bits per heavy atom. The van der Waals surface area contributed by atoms with Gasteiger partial charge in [-0.1, -0.05) is 24.4 Å². The van der Waals surface area contributed by atoms with Gasteiger partial charge in [-0.25, -0.2) is 0 Å². The van der Waals surface area contributed by atoms with Crippen molar-refractivity contribution in [1.29, 1.82) is 0 Å². The van der Waals surface area contributed by atoms with E-state index < -0.39 is 0 Å². The van der Waals surface area contributed by atoms with Gasteiger partial charge >= 0.3 is 0 Å². The minimum absolute atomic E-state index is 0.0390. The van der Waals surface area contributed by atoms with Crippen LogP contribution in [0.25, 0.3) is 0 Å². The molecule has 1 amide bonds. The number of hydrogen-bond acceptors (Lipinski definition) is 3. The Morgan fingerprint density at radius 3 is 2.74 bits per heavy atom. The van der Waals surface area contributed by atoms with Crippen molar-refractivity contribution in [3.63, 3.8) is 0 Å². The second kappa shape index (κ2) is 6.26. The molecular weight excluding hydrogens is 264 g/mol. The maximum absolute atomic E-state index is 12.6. The number of benzene rings is 1. The van der Waals surface area contributed by atoms with Gasteiger partial charge in [0, 0.05) is 23.3 Å². The zero-order valence-corrected chi connectivity index (χ0v) is 11.6. The Hall–Kier alpha value is -1.26. The highest BCUT2D eigenvalue weighted by Gasteiger charge is 2.28. The molecule has 0 spiro atoms.